The van der Waals surface area contributed by atoms with Gasteiger partial charge in [-0.2, -0.15) is 0 Å². The lowest BCUT2D eigenvalue weighted by Gasteiger charge is -2.32. The van der Waals surface area contributed by atoms with E-state index in [9.17, 15) is 9.59 Å². The van der Waals surface area contributed by atoms with Crippen molar-refractivity contribution < 1.29 is 9.59 Å². The van der Waals surface area contributed by atoms with Gasteiger partial charge in [0.2, 0.25) is 0 Å². The van der Waals surface area contributed by atoms with E-state index >= 15 is 0 Å². The SMILES string of the molecule is C=C1C(C(=O)N2CCN(C)CC2)=CNC1C=O. The van der Waals surface area contributed by atoms with E-state index in [-0.39, 0.29) is 5.91 Å². The quantitative estimate of drug-likeness (QED) is 0.648. The summed E-state index contributed by atoms with van der Waals surface area (Å²) in [4.78, 5) is 26.9. The van der Waals surface area contributed by atoms with Crippen molar-refractivity contribution in [2.75, 3.05) is 33.2 Å². The van der Waals surface area contributed by atoms with E-state index in [1.54, 1.807) is 6.20 Å². The number of carbonyl (C=O) groups excluding carboxylic acids is 2. The molecular formula is C12H17N3O2. The van der Waals surface area contributed by atoms with Crippen LogP contribution in [0.25, 0.3) is 0 Å². The van der Waals surface area contributed by atoms with Gasteiger partial charge in [-0.15, -0.1) is 0 Å². The lowest BCUT2D eigenvalue weighted by molar-refractivity contribution is -0.128. The number of hydrogen-bond acceptors (Lipinski definition) is 4. The van der Waals surface area contributed by atoms with Crippen molar-refractivity contribution in [3.05, 3.63) is 23.9 Å². The van der Waals surface area contributed by atoms with Crippen molar-refractivity contribution in [1.29, 1.82) is 0 Å². The van der Waals surface area contributed by atoms with Crippen LogP contribution >= 0.6 is 0 Å². The molecule has 1 amide bonds. The van der Waals surface area contributed by atoms with Gasteiger partial charge in [0.1, 0.15) is 12.3 Å². The van der Waals surface area contributed by atoms with Crippen LogP contribution in [0.15, 0.2) is 23.9 Å². The molecule has 0 aromatic rings. The summed E-state index contributed by atoms with van der Waals surface area (Å²) in [7, 11) is 2.04. The van der Waals surface area contributed by atoms with Crippen LogP contribution in [0.4, 0.5) is 0 Å². The van der Waals surface area contributed by atoms with Gasteiger partial charge in [-0.25, -0.2) is 0 Å². The van der Waals surface area contributed by atoms with Gasteiger partial charge in [-0.3, -0.25) is 4.79 Å². The predicted octanol–water partition coefficient (Wildman–Crippen LogP) is -0.629. The fourth-order valence-corrected chi connectivity index (χ4v) is 2.03. The summed E-state index contributed by atoms with van der Waals surface area (Å²) in [5.74, 6) is -0.0278. The summed E-state index contributed by atoms with van der Waals surface area (Å²) >= 11 is 0. The number of aldehydes is 1. The molecule has 5 heteroatoms. The first-order valence-electron chi connectivity index (χ1n) is 5.72. The summed E-state index contributed by atoms with van der Waals surface area (Å²) < 4.78 is 0. The van der Waals surface area contributed by atoms with Crippen molar-refractivity contribution in [2.24, 2.45) is 0 Å². The summed E-state index contributed by atoms with van der Waals surface area (Å²) in [5, 5.41) is 2.85. The molecule has 5 nitrogen and oxygen atoms in total. The van der Waals surface area contributed by atoms with E-state index in [1.165, 1.54) is 0 Å². The van der Waals surface area contributed by atoms with Crippen molar-refractivity contribution >= 4 is 12.2 Å². The van der Waals surface area contributed by atoms with Crippen LogP contribution in [0.2, 0.25) is 0 Å². The Morgan fingerprint density at radius 3 is 2.65 bits per heavy atom. The van der Waals surface area contributed by atoms with Gasteiger partial charge in [0, 0.05) is 32.4 Å². The molecule has 0 bridgehead atoms. The first-order chi connectivity index (χ1) is 8.13. The Hall–Kier alpha value is -1.62. The molecule has 1 saturated heterocycles. The Balaban J connectivity index is 2.02. The van der Waals surface area contributed by atoms with Gasteiger partial charge in [-0.05, 0) is 12.6 Å². The molecule has 0 aromatic heterocycles. The molecule has 1 atom stereocenters. The highest BCUT2D eigenvalue weighted by Crippen LogP contribution is 2.20. The zero-order valence-corrected chi connectivity index (χ0v) is 9.98. The molecule has 2 aliphatic heterocycles. The highest BCUT2D eigenvalue weighted by atomic mass is 16.2. The second-order valence-corrected chi connectivity index (χ2v) is 4.46. The van der Waals surface area contributed by atoms with Crippen LogP contribution in [0, 0.1) is 0 Å². The van der Waals surface area contributed by atoms with Gasteiger partial charge < -0.3 is 19.9 Å². The fraction of sp³-hybridized carbons (Fsp3) is 0.500. The molecule has 0 saturated carbocycles. The van der Waals surface area contributed by atoms with Crippen LogP contribution in [0.5, 0.6) is 0 Å². The van der Waals surface area contributed by atoms with E-state index in [0.29, 0.717) is 11.1 Å². The van der Waals surface area contributed by atoms with Crippen molar-refractivity contribution in [2.45, 2.75) is 6.04 Å². The van der Waals surface area contributed by atoms with Gasteiger partial charge in [-0.1, -0.05) is 6.58 Å². The first-order valence-corrected chi connectivity index (χ1v) is 5.72. The van der Waals surface area contributed by atoms with Crippen LogP contribution < -0.4 is 5.32 Å². The fourth-order valence-electron chi connectivity index (χ4n) is 2.03. The topological polar surface area (TPSA) is 52.7 Å². The van der Waals surface area contributed by atoms with Gasteiger partial charge in [0.15, 0.2) is 0 Å². The molecule has 92 valence electrons. The number of carbonyl (C=O) groups is 2. The summed E-state index contributed by atoms with van der Waals surface area (Å²) in [5.41, 5.74) is 1.11. The van der Waals surface area contributed by atoms with Crippen molar-refractivity contribution in [3.63, 3.8) is 0 Å². The minimum absolute atomic E-state index is 0.0278. The van der Waals surface area contributed by atoms with Gasteiger partial charge in [0.25, 0.3) is 5.91 Å². The zero-order chi connectivity index (χ0) is 12.4. The summed E-state index contributed by atoms with van der Waals surface area (Å²) in [6.45, 7) is 7.02. The number of amides is 1. The van der Waals surface area contributed by atoms with E-state index in [2.05, 4.69) is 16.8 Å². The molecule has 2 aliphatic rings. The second-order valence-electron chi connectivity index (χ2n) is 4.46. The normalized spacial score (nSPS) is 25.5. The Morgan fingerprint density at radius 2 is 2.12 bits per heavy atom. The molecule has 1 fully saturated rings. The third-order valence-electron chi connectivity index (χ3n) is 3.29. The monoisotopic (exact) mass is 235 g/mol. The average molecular weight is 235 g/mol. The second kappa shape index (κ2) is 4.71. The van der Waals surface area contributed by atoms with Crippen LogP contribution in [-0.2, 0) is 9.59 Å². The lowest BCUT2D eigenvalue weighted by Crippen LogP contribution is -2.47. The van der Waals surface area contributed by atoms with E-state index < -0.39 is 6.04 Å². The number of nitrogens with zero attached hydrogens (tertiary/aromatic N) is 2. The first kappa shape index (κ1) is 11.9. The minimum Gasteiger partial charge on any atom is -0.377 e. The third-order valence-corrected chi connectivity index (χ3v) is 3.29. The molecule has 17 heavy (non-hydrogen) atoms. The third kappa shape index (κ3) is 2.24. The molecule has 0 aromatic carbocycles. The largest absolute Gasteiger partial charge is 0.377 e. The molecule has 0 radical (unpaired) electrons. The smallest absolute Gasteiger partial charge is 0.255 e. The van der Waals surface area contributed by atoms with Crippen molar-refractivity contribution in [1.82, 2.24) is 15.1 Å². The molecule has 0 spiro atoms. The molecule has 2 rings (SSSR count). The minimum atomic E-state index is -0.443. The Bertz CT molecular complexity index is 381. The molecule has 0 aliphatic carbocycles. The number of nitrogens with one attached hydrogen (secondary N) is 1. The predicted molar refractivity (Wildman–Crippen MR) is 64.3 cm³/mol. The number of piperazine rings is 1. The van der Waals surface area contributed by atoms with Crippen LogP contribution in [-0.4, -0.2) is 61.3 Å². The van der Waals surface area contributed by atoms with E-state index in [4.69, 9.17) is 0 Å². The van der Waals surface area contributed by atoms with Crippen LogP contribution in [0.3, 0.4) is 0 Å². The maximum absolute atomic E-state index is 12.2. The van der Waals surface area contributed by atoms with Gasteiger partial charge >= 0.3 is 0 Å². The maximum atomic E-state index is 12.2. The molecular weight excluding hydrogens is 218 g/mol. The summed E-state index contributed by atoms with van der Waals surface area (Å²) in [6, 6.07) is -0.443. The molecule has 2 heterocycles. The lowest BCUT2D eigenvalue weighted by atomic mass is 10.0. The van der Waals surface area contributed by atoms with E-state index in [0.717, 1.165) is 32.5 Å². The Morgan fingerprint density at radius 1 is 1.47 bits per heavy atom. The van der Waals surface area contributed by atoms with E-state index in [1.807, 2.05) is 11.9 Å². The highest BCUT2D eigenvalue weighted by molar-refractivity contribution is 6.00. The number of hydrogen-bond donors (Lipinski definition) is 1. The standard InChI is InChI=1S/C12H17N3O2/c1-9-10(7-13-11(9)8-16)12(17)15-5-3-14(2)4-6-15/h7-8,11,13H,1,3-6H2,2H3. The summed E-state index contributed by atoms with van der Waals surface area (Å²) in [6.07, 6.45) is 2.37. The van der Waals surface area contributed by atoms with Crippen LogP contribution in [0.1, 0.15) is 0 Å². The molecule has 1 N–H and O–H groups in total. The van der Waals surface area contributed by atoms with Crippen molar-refractivity contribution in [3.8, 4) is 0 Å². The average Bonchev–Trinajstić information content (AvgIpc) is 2.70. The number of rotatable bonds is 2. The zero-order valence-electron chi connectivity index (χ0n) is 9.98. The maximum Gasteiger partial charge on any atom is 0.255 e. The Kier molecular flexibility index (Phi) is 3.28. The van der Waals surface area contributed by atoms with Gasteiger partial charge in [0.05, 0.1) is 5.57 Å². The Labute approximate surface area is 101 Å². The highest BCUT2D eigenvalue weighted by Gasteiger charge is 2.29. The molecule has 1 unspecified atom stereocenters. The number of likely N-dealkylation sites (N-methyl/N-ethyl adjacent to an activating group) is 1.